The van der Waals surface area contributed by atoms with Gasteiger partial charge in [-0.1, -0.05) is 12.1 Å². The van der Waals surface area contributed by atoms with Crippen LogP contribution in [0.3, 0.4) is 0 Å². The summed E-state index contributed by atoms with van der Waals surface area (Å²) in [6, 6.07) is 12.1. The molecule has 0 amide bonds. The lowest BCUT2D eigenvalue weighted by Gasteiger charge is -2.10. The number of para-hydroxylation sites is 1. The van der Waals surface area contributed by atoms with E-state index in [9.17, 15) is 9.59 Å². The zero-order chi connectivity index (χ0) is 21.4. The highest BCUT2D eigenvalue weighted by Gasteiger charge is 2.19. The van der Waals surface area contributed by atoms with Crippen molar-refractivity contribution in [2.24, 2.45) is 7.05 Å². The van der Waals surface area contributed by atoms with Crippen molar-refractivity contribution in [3.05, 3.63) is 82.0 Å². The number of hydrogen-bond acceptors (Lipinski definition) is 8. The second kappa shape index (κ2) is 7.65. The fourth-order valence-corrected chi connectivity index (χ4v) is 4.06. The number of aromatic nitrogens is 5. The number of rotatable bonds is 5. The molecule has 4 heterocycles. The molecule has 0 atom stereocenters. The van der Waals surface area contributed by atoms with Gasteiger partial charge in [-0.05, 0) is 35.7 Å². The zero-order valence-corrected chi connectivity index (χ0v) is 17.1. The largest absolute Gasteiger partial charge is 0.455 e. The Morgan fingerprint density at radius 1 is 1.13 bits per heavy atom. The maximum atomic E-state index is 12.8. The average Bonchev–Trinajstić information content (AvgIpc) is 3.44. The summed E-state index contributed by atoms with van der Waals surface area (Å²) in [6.07, 6.45) is 3.19. The minimum Gasteiger partial charge on any atom is -0.455 e. The van der Waals surface area contributed by atoms with Gasteiger partial charge in [0.15, 0.2) is 12.4 Å². The van der Waals surface area contributed by atoms with E-state index in [0.717, 1.165) is 0 Å². The van der Waals surface area contributed by atoms with E-state index in [1.807, 2.05) is 11.4 Å². The van der Waals surface area contributed by atoms with E-state index < -0.39 is 5.97 Å². The van der Waals surface area contributed by atoms with Crippen LogP contribution in [0.2, 0.25) is 0 Å². The van der Waals surface area contributed by atoms with Gasteiger partial charge in [-0.25, -0.2) is 4.79 Å². The second-order valence-electron chi connectivity index (χ2n) is 6.61. The summed E-state index contributed by atoms with van der Waals surface area (Å²) in [4.78, 5) is 29.2. The maximum Gasteiger partial charge on any atom is 0.342 e. The van der Waals surface area contributed by atoms with Crippen LogP contribution in [0.5, 0.6) is 11.5 Å². The topological polar surface area (TPSA) is 101 Å². The molecule has 154 valence electrons. The predicted molar refractivity (Wildman–Crippen MR) is 113 cm³/mol. The first-order chi connectivity index (χ1) is 15.1. The minimum absolute atomic E-state index is 0.121. The predicted octanol–water partition coefficient (Wildman–Crippen LogP) is 3.19. The number of hydrogen-bond donors (Lipinski definition) is 0. The Kier molecular flexibility index (Phi) is 4.68. The van der Waals surface area contributed by atoms with Crippen molar-refractivity contribution in [1.82, 2.24) is 24.1 Å². The molecule has 10 heteroatoms. The van der Waals surface area contributed by atoms with Gasteiger partial charge in [0.05, 0.1) is 11.7 Å². The quantitative estimate of drug-likeness (QED) is 0.392. The fourth-order valence-electron chi connectivity index (χ4n) is 3.21. The minimum atomic E-state index is -0.567. The van der Waals surface area contributed by atoms with E-state index in [-0.39, 0.29) is 17.7 Å². The van der Waals surface area contributed by atoms with Gasteiger partial charge < -0.3 is 9.47 Å². The lowest BCUT2D eigenvalue weighted by atomic mass is 10.2. The Bertz CT molecular complexity index is 1470. The van der Waals surface area contributed by atoms with Crippen molar-refractivity contribution in [2.75, 3.05) is 0 Å². The molecule has 1 aromatic carbocycles. The monoisotopic (exact) mass is 433 g/mol. The summed E-state index contributed by atoms with van der Waals surface area (Å²) >= 11 is 1.34. The number of aryl methyl sites for hydroxylation is 1. The summed E-state index contributed by atoms with van der Waals surface area (Å²) in [6.45, 7) is -0.121. The molecule has 0 aliphatic heterocycles. The first-order valence-corrected chi connectivity index (χ1v) is 10.2. The Morgan fingerprint density at radius 2 is 2.00 bits per heavy atom. The number of esters is 1. The van der Waals surface area contributed by atoms with Gasteiger partial charge in [0, 0.05) is 13.2 Å². The standard InChI is InChI=1S/C21H15N5O4S/c1-25-19(27)18-15(8-10-31-18)26-17(23-24-21(25)26)12-29-20(28)14-6-2-3-7-16(14)30-13-5-4-9-22-11-13/h2-11H,12H2,1H3. The Balaban J connectivity index is 1.43. The molecule has 0 spiro atoms. The number of carbonyl (C=O) groups excluding carboxylic acids is 1. The maximum absolute atomic E-state index is 12.8. The van der Waals surface area contributed by atoms with Crippen LogP contribution < -0.4 is 10.3 Å². The van der Waals surface area contributed by atoms with Crippen LogP contribution in [0.1, 0.15) is 16.2 Å². The third-order valence-corrected chi connectivity index (χ3v) is 5.59. The van der Waals surface area contributed by atoms with Crippen LogP contribution >= 0.6 is 11.3 Å². The van der Waals surface area contributed by atoms with Crippen molar-refractivity contribution in [3.63, 3.8) is 0 Å². The molecule has 0 saturated heterocycles. The van der Waals surface area contributed by atoms with Crippen molar-refractivity contribution >= 4 is 33.3 Å². The first-order valence-electron chi connectivity index (χ1n) is 9.27. The smallest absolute Gasteiger partial charge is 0.342 e. The number of carbonyl (C=O) groups is 1. The van der Waals surface area contributed by atoms with Gasteiger partial charge in [-0.2, -0.15) is 0 Å². The SMILES string of the molecule is Cn1c(=O)c2sccc2n2c(COC(=O)c3ccccc3Oc3cccnc3)nnc12. The summed E-state index contributed by atoms with van der Waals surface area (Å²) < 4.78 is 15.0. The zero-order valence-electron chi connectivity index (χ0n) is 16.3. The Hall–Kier alpha value is -4.05. The normalized spacial score (nSPS) is 11.1. The van der Waals surface area contributed by atoms with E-state index >= 15 is 0 Å². The molecular weight excluding hydrogens is 418 g/mol. The number of fused-ring (bicyclic) bond motifs is 3. The third kappa shape index (κ3) is 3.32. The van der Waals surface area contributed by atoms with Crippen LogP contribution in [0, 0.1) is 0 Å². The van der Waals surface area contributed by atoms with Gasteiger partial charge in [-0.3, -0.25) is 18.7 Å². The second-order valence-corrected chi connectivity index (χ2v) is 7.53. The van der Waals surface area contributed by atoms with Crippen molar-refractivity contribution in [1.29, 1.82) is 0 Å². The number of nitrogens with zero attached hydrogens (tertiary/aromatic N) is 5. The van der Waals surface area contributed by atoms with Crippen molar-refractivity contribution in [2.45, 2.75) is 6.61 Å². The van der Waals surface area contributed by atoms with Gasteiger partial charge in [0.25, 0.3) is 5.56 Å². The molecule has 0 N–H and O–H groups in total. The van der Waals surface area contributed by atoms with E-state index in [4.69, 9.17) is 9.47 Å². The molecule has 5 aromatic rings. The lowest BCUT2D eigenvalue weighted by Crippen LogP contribution is -2.19. The summed E-state index contributed by atoms with van der Waals surface area (Å²) in [5.74, 6) is 1.08. The summed E-state index contributed by atoms with van der Waals surface area (Å²) in [7, 11) is 1.63. The van der Waals surface area contributed by atoms with Crippen LogP contribution in [0.25, 0.3) is 16.0 Å². The number of pyridine rings is 1. The molecule has 31 heavy (non-hydrogen) atoms. The molecule has 0 aliphatic carbocycles. The molecule has 0 radical (unpaired) electrons. The fraction of sp³-hybridized carbons (Fsp3) is 0.0952. The summed E-state index contributed by atoms with van der Waals surface area (Å²) in [5, 5.41) is 10.0. The number of ether oxygens (including phenoxy) is 2. The first kappa shape index (κ1) is 18.9. The molecule has 5 rings (SSSR count). The van der Waals surface area contributed by atoms with Gasteiger partial charge in [0.2, 0.25) is 5.78 Å². The molecule has 9 nitrogen and oxygen atoms in total. The number of benzene rings is 1. The molecule has 0 unspecified atom stereocenters. The third-order valence-electron chi connectivity index (χ3n) is 4.70. The van der Waals surface area contributed by atoms with Crippen molar-refractivity contribution in [3.8, 4) is 11.5 Å². The Labute approximate surface area is 179 Å². The van der Waals surface area contributed by atoms with E-state index in [1.54, 1.807) is 60.2 Å². The molecule has 0 bridgehead atoms. The highest BCUT2D eigenvalue weighted by Crippen LogP contribution is 2.26. The highest BCUT2D eigenvalue weighted by atomic mass is 32.1. The van der Waals surface area contributed by atoms with Gasteiger partial charge >= 0.3 is 5.97 Å². The lowest BCUT2D eigenvalue weighted by molar-refractivity contribution is 0.0458. The molecule has 0 saturated carbocycles. The number of thiophene rings is 1. The summed E-state index contributed by atoms with van der Waals surface area (Å²) in [5.41, 5.74) is 0.808. The van der Waals surface area contributed by atoms with Crippen LogP contribution in [0.15, 0.2) is 65.0 Å². The molecular formula is C21H15N5O4S. The molecule has 4 aromatic heterocycles. The Morgan fingerprint density at radius 3 is 2.84 bits per heavy atom. The van der Waals surface area contributed by atoms with Crippen LogP contribution in [0.4, 0.5) is 0 Å². The van der Waals surface area contributed by atoms with Crippen molar-refractivity contribution < 1.29 is 14.3 Å². The van der Waals surface area contributed by atoms with E-state index in [1.165, 1.54) is 15.9 Å². The molecule has 0 aliphatic rings. The van der Waals surface area contributed by atoms with Crippen LogP contribution in [-0.4, -0.2) is 30.1 Å². The average molecular weight is 433 g/mol. The van der Waals surface area contributed by atoms with E-state index in [0.29, 0.717) is 33.3 Å². The van der Waals surface area contributed by atoms with E-state index in [2.05, 4.69) is 15.2 Å². The van der Waals surface area contributed by atoms with Gasteiger partial charge in [0.1, 0.15) is 21.8 Å². The van der Waals surface area contributed by atoms with Crippen LogP contribution in [-0.2, 0) is 18.4 Å². The highest BCUT2D eigenvalue weighted by molar-refractivity contribution is 7.17. The van der Waals surface area contributed by atoms with Gasteiger partial charge in [-0.15, -0.1) is 21.5 Å². The molecule has 0 fully saturated rings.